The van der Waals surface area contributed by atoms with Crippen LogP contribution in [0.1, 0.15) is 10.4 Å². The molecule has 0 bridgehead atoms. The van der Waals surface area contributed by atoms with Crippen LogP contribution in [0.25, 0.3) is 16.2 Å². The number of amides is 1. The third-order valence-corrected chi connectivity index (χ3v) is 4.39. The van der Waals surface area contributed by atoms with E-state index in [9.17, 15) is 4.79 Å². The molecule has 3 nitrogen and oxygen atoms in total. The first-order valence-corrected chi connectivity index (χ1v) is 8.22. The molecule has 0 unspecified atom stereocenters. The van der Waals surface area contributed by atoms with Gasteiger partial charge in [0.15, 0.2) is 0 Å². The smallest absolute Gasteiger partial charge is 0.407 e. The third kappa shape index (κ3) is 4.44. The number of carbonyl (C=O) groups is 1. The monoisotopic (exact) mass is 323 g/mol. The first-order valence-electron chi connectivity index (χ1n) is 7.41. The quantitative estimate of drug-likeness (QED) is 0.729. The Morgan fingerprint density at radius 2 is 1.87 bits per heavy atom. The summed E-state index contributed by atoms with van der Waals surface area (Å²) in [6.07, 6.45) is 3.53. The van der Waals surface area contributed by atoms with E-state index >= 15 is 0 Å². The van der Waals surface area contributed by atoms with Crippen molar-refractivity contribution in [3.05, 3.63) is 77.2 Å². The number of alkyl carbamates (subject to hydrolysis) is 1. The second-order valence-electron chi connectivity index (χ2n) is 5.03. The summed E-state index contributed by atoms with van der Waals surface area (Å²) in [5.41, 5.74) is 0.975. The molecule has 4 heteroatoms. The zero-order valence-corrected chi connectivity index (χ0v) is 13.4. The predicted molar refractivity (Wildman–Crippen MR) is 95.5 cm³/mol. The van der Waals surface area contributed by atoms with Crippen molar-refractivity contribution >= 4 is 33.6 Å². The summed E-state index contributed by atoms with van der Waals surface area (Å²) < 4.78 is 6.41. The Morgan fingerprint density at radius 1 is 1.09 bits per heavy atom. The van der Waals surface area contributed by atoms with Gasteiger partial charge in [-0.25, -0.2) is 4.79 Å². The minimum absolute atomic E-state index is 0.284. The van der Waals surface area contributed by atoms with Crippen LogP contribution in [0.3, 0.4) is 0 Å². The lowest BCUT2D eigenvalue weighted by Gasteiger charge is -2.04. The topological polar surface area (TPSA) is 38.3 Å². The van der Waals surface area contributed by atoms with Crippen LogP contribution in [0, 0.1) is 0 Å². The van der Waals surface area contributed by atoms with Crippen molar-refractivity contribution < 1.29 is 9.53 Å². The number of hydrogen-bond acceptors (Lipinski definition) is 3. The van der Waals surface area contributed by atoms with E-state index in [2.05, 4.69) is 23.5 Å². The molecule has 0 atom stereocenters. The van der Waals surface area contributed by atoms with E-state index in [4.69, 9.17) is 4.74 Å². The number of ether oxygens (including phenoxy) is 1. The van der Waals surface area contributed by atoms with Gasteiger partial charge < -0.3 is 10.1 Å². The van der Waals surface area contributed by atoms with Crippen molar-refractivity contribution in [3.63, 3.8) is 0 Å². The summed E-state index contributed by atoms with van der Waals surface area (Å²) in [6, 6.07) is 20.0. The Bertz CT molecular complexity index is 775. The van der Waals surface area contributed by atoms with Gasteiger partial charge in [0.1, 0.15) is 6.61 Å². The SMILES string of the molecule is O=C(NCC=Cc1cc2ccccc2s1)OCc1ccccc1. The number of fused-ring (bicyclic) bond motifs is 1. The minimum Gasteiger partial charge on any atom is -0.445 e. The van der Waals surface area contributed by atoms with Crippen LogP contribution < -0.4 is 5.32 Å². The van der Waals surface area contributed by atoms with Crippen LogP contribution >= 0.6 is 11.3 Å². The minimum atomic E-state index is -0.408. The van der Waals surface area contributed by atoms with Gasteiger partial charge in [-0.3, -0.25) is 0 Å². The molecule has 2 aromatic carbocycles. The molecule has 0 aliphatic rings. The molecule has 3 rings (SSSR count). The van der Waals surface area contributed by atoms with E-state index < -0.39 is 6.09 Å². The van der Waals surface area contributed by atoms with Gasteiger partial charge in [0, 0.05) is 16.1 Å². The summed E-state index contributed by atoms with van der Waals surface area (Å²) in [5, 5.41) is 3.96. The van der Waals surface area contributed by atoms with Crippen molar-refractivity contribution in [2.75, 3.05) is 6.54 Å². The standard InChI is InChI=1S/C19H17NO2S/c21-19(22-14-15-7-2-1-3-8-15)20-12-6-10-17-13-16-9-4-5-11-18(16)23-17/h1-11,13H,12,14H2,(H,20,21). The van der Waals surface area contributed by atoms with Gasteiger partial charge in [0.2, 0.25) is 0 Å². The lowest BCUT2D eigenvalue weighted by molar-refractivity contribution is 0.141. The van der Waals surface area contributed by atoms with Gasteiger partial charge in [0.05, 0.1) is 0 Å². The molecule has 1 N–H and O–H groups in total. The molecule has 1 amide bonds. The number of benzene rings is 2. The van der Waals surface area contributed by atoms with E-state index in [0.717, 1.165) is 5.56 Å². The fraction of sp³-hybridized carbons (Fsp3) is 0.105. The van der Waals surface area contributed by atoms with Crippen molar-refractivity contribution in [1.29, 1.82) is 0 Å². The third-order valence-electron chi connectivity index (χ3n) is 3.30. The van der Waals surface area contributed by atoms with Gasteiger partial charge in [-0.2, -0.15) is 0 Å². The van der Waals surface area contributed by atoms with Crippen LogP contribution in [0.5, 0.6) is 0 Å². The fourth-order valence-electron chi connectivity index (χ4n) is 2.18. The van der Waals surface area contributed by atoms with Crippen molar-refractivity contribution in [1.82, 2.24) is 5.32 Å². The maximum atomic E-state index is 11.6. The Labute approximate surface area is 139 Å². The molecular weight excluding hydrogens is 306 g/mol. The van der Waals surface area contributed by atoms with E-state index in [-0.39, 0.29) is 6.61 Å². The van der Waals surface area contributed by atoms with E-state index in [1.54, 1.807) is 11.3 Å². The maximum Gasteiger partial charge on any atom is 0.407 e. The predicted octanol–water partition coefficient (Wildman–Crippen LogP) is 4.84. The molecule has 1 heterocycles. The Morgan fingerprint density at radius 3 is 2.70 bits per heavy atom. The summed E-state index contributed by atoms with van der Waals surface area (Å²) in [4.78, 5) is 12.8. The lowest BCUT2D eigenvalue weighted by atomic mass is 10.2. The first-order chi connectivity index (χ1) is 11.3. The van der Waals surface area contributed by atoms with Crippen LogP contribution in [0.15, 0.2) is 66.7 Å². The van der Waals surface area contributed by atoms with Gasteiger partial charge in [0.25, 0.3) is 0 Å². The van der Waals surface area contributed by atoms with Crippen molar-refractivity contribution in [3.8, 4) is 0 Å². The Kier molecular flexibility index (Phi) is 5.06. The molecule has 23 heavy (non-hydrogen) atoms. The van der Waals surface area contributed by atoms with Crippen molar-refractivity contribution in [2.24, 2.45) is 0 Å². The normalized spacial score (nSPS) is 11.0. The molecule has 0 aliphatic carbocycles. The van der Waals surface area contributed by atoms with E-state index in [1.807, 2.05) is 54.6 Å². The van der Waals surface area contributed by atoms with Gasteiger partial charge in [-0.1, -0.05) is 54.6 Å². The molecule has 0 saturated carbocycles. The molecular formula is C19H17NO2S. The van der Waals surface area contributed by atoms with Crippen LogP contribution in [-0.4, -0.2) is 12.6 Å². The van der Waals surface area contributed by atoms with Crippen LogP contribution in [-0.2, 0) is 11.3 Å². The average molecular weight is 323 g/mol. The number of carbonyl (C=O) groups excluding carboxylic acids is 1. The second kappa shape index (κ2) is 7.61. The number of thiophene rings is 1. The average Bonchev–Trinajstić information content (AvgIpc) is 3.00. The largest absolute Gasteiger partial charge is 0.445 e. The highest BCUT2D eigenvalue weighted by atomic mass is 32.1. The van der Waals surface area contributed by atoms with E-state index in [0.29, 0.717) is 6.54 Å². The summed E-state index contributed by atoms with van der Waals surface area (Å²) in [6.45, 7) is 0.731. The second-order valence-corrected chi connectivity index (χ2v) is 6.15. The summed E-state index contributed by atoms with van der Waals surface area (Å²) in [7, 11) is 0. The lowest BCUT2D eigenvalue weighted by Crippen LogP contribution is -2.24. The number of nitrogens with one attached hydrogen (secondary N) is 1. The van der Waals surface area contributed by atoms with E-state index in [1.165, 1.54) is 15.0 Å². The molecule has 0 aliphatic heterocycles. The van der Waals surface area contributed by atoms with Crippen molar-refractivity contribution in [2.45, 2.75) is 6.61 Å². The zero-order chi connectivity index (χ0) is 15.9. The highest BCUT2D eigenvalue weighted by Crippen LogP contribution is 2.25. The Balaban J connectivity index is 1.44. The van der Waals surface area contributed by atoms with Gasteiger partial charge in [-0.15, -0.1) is 11.3 Å². The van der Waals surface area contributed by atoms with Gasteiger partial charge >= 0.3 is 6.09 Å². The maximum absolute atomic E-state index is 11.6. The fourth-order valence-corrected chi connectivity index (χ4v) is 3.17. The zero-order valence-electron chi connectivity index (χ0n) is 12.6. The van der Waals surface area contributed by atoms with Crippen LogP contribution in [0.4, 0.5) is 4.79 Å². The summed E-state index contributed by atoms with van der Waals surface area (Å²) >= 11 is 1.73. The molecule has 0 spiro atoms. The summed E-state index contributed by atoms with van der Waals surface area (Å²) in [5.74, 6) is 0. The number of rotatable bonds is 5. The Hall–Kier alpha value is -2.59. The molecule has 1 aromatic heterocycles. The first kappa shape index (κ1) is 15.3. The molecule has 0 fully saturated rings. The highest BCUT2D eigenvalue weighted by molar-refractivity contribution is 7.19. The number of hydrogen-bond donors (Lipinski definition) is 1. The molecule has 3 aromatic rings. The molecule has 116 valence electrons. The molecule has 0 radical (unpaired) electrons. The highest BCUT2D eigenvalue weighted by Gasteiger charge is 2.01. The molecule has 0 saturated heterocycles. The van der Waals surface area contributed by atoms with Crippen LogP contribution in [0.2, 0.25) is 0 Å². The van der Waals surface area contributed by atoms with Gasteiger partial charge in [-0.05, 0) is 29.2 Å².